The van der Waals surface area contributed by atoms with E-state index in [0.717, 1.165) is 5.82 Å². The van der Waals surface area contributed by atoms with Crippen LogP contribution in [-0.2, 0) is 21.7 Å². The minimum absolute atomic E-state index is 0. The summed E-state index contributed by atoms with van der Waals surface area (Å²) < 4.78 is 25.6. The van der Waals surface area contributed by atoms with Gasteiger partial charge in [0.25, 0.3) is 0 Å². The lowest BCUT2D eigenvalue weighted by Gasteiger charge is -2.35. The van der Waals surface area contributed by atoms with E-state index in [9.17, 15) is 13.2 Å². The molecule has 2 heterocycles. The fourth-order valence-corrected chi connectivity index (χ4v) is 3.89. The predicted octanol–water partition coefficient (Wildman–Crippen LogP) is 0.140. The van der Waals surface area contributed by atoms with Crippen LogP contribution in [0, 0.1) is 0 Å². The zero-order valence-electron chi connectivity index (χ0n) is 12.9. The van der Waals surface area contributed by atoms with Crippen LogP contribution in [0.3, 0.4) is 0 Å². The number of aromatic nitrogens is 2. The molecule has 1 amide bonds. The third kappa shape index (κ3) is 4.44. The first-order valence-corrected chi connectivity index (χ1v) is 8.94. The minimum atomic E-state index is -3.32. The number of amides is 1. The van der Waals surface area contributed by atoms with Gasteiger partial charge in [-0.15, -0.1) is 12.4 Å². The molecule has 0 saturated carbocycles. The molecule has 126 valence electrons. The Kier molecular flexibility index (Phi) is 6.83. The van der Waals surface area contributed by atoms with Crippen LogP contribution in [0.1, 0.15) is 25.2 Å². The van der Waals surface area contributed by atoms with E-state index in [1.165, 1.54) is 0 Å². The summed E-state index contributed by atoms with van der Waals surface area (Å²) in [4.78, 5) is 18.3. The van der Waals surface area contributed by atoms with Crippen LogP contribution < -0.4 is 5.32 Å². The number of nitrogens with zero attached hydrogens (tertiary/aromatic N) is 3. The lowest BCUT2D eigenvalue weighted by molar-refractivity contribution is -0.132. The molecule has 1 aromatic heterocycles. The van der Waals surface area contributed by atoms with Crippen LogP contribution in [0.25, 0.3) is 0 Å². The number of imidazole rings is 1. The number of aryl methyl sites for hydroxylation is 1. The molecule has 1 unspecified atom stereocenters. The highest BCUT2D eigenvalue weighted by Gasteiger charge is 2.32. The number of carbonyl (C=O) groups excluding carboxylic acids is 1. The van der Waals surface area contributed by atoms with Crippen LogP contribution in [0.5, 0.6) is 0 Å². The number of halogens is 1. The van der Waals surface area contributed by atoms with Crippen LogP contribution in [0.4, 0.5) is 0 Å². The highest BCUT2D eigenvalue weighted by atomic mass is 35.5. The van der Waals surface area contributed by atoms with E-state index < -0.39 is 15.6 Å². The van der Waals surface area contributed by atoms with Gasteiger partial charge in [-0.3, -0.25) is 4.79 Å². The zero-order valence-corrected chi connectivity index (χ0v) is 14.5. The van der Waals surface area contributed by atoms with Crippen molar-refractivity contribution in [3.8, 4) is 0 Å². The third-order valence-corrected chi connectivity index (χ3v) is 5.30. The molecule has 0 bridgehead atoms. The Morgan fingerprint density at radius 1 is 1.50 bits per heavy atom. The number of piperazine rings is 1. The van der Waals surface area contributed by atoms with Gasteiger partial charge in [0.15, 0.2) is 9.84 Å². The fraction of sp³-hybridized carbons (Fsp3) is 0.692. The molecule has 9 heteroatoms. The maximum atomic E-state index is 12.4. The largest absolute Gasteiger partial charge is 0.336 e. The average molecular weight is 351 g/mol. The quantitative estimate of drug-likeness (QED) is 0.816. The average Bonchev–Trinajstić information content (AvgIpc) is 2.84. The summed E-state index contributed by atoms with van der Waals surface area (Å²) in [5, 5.41) is 3.23. The van der Waals surface area contributed by atoms with Crippen LogP contribution in [0.15, 0.2) is 12.4 Å². The molecule has 0 aliphatic carbocycles. The SMILES string of the molecule is CCCS(=O)(=O)CC(=O)N1CCNCC1c1nccn1C.Cl. The molecule has 1 aromatic rings. The van der Waals surface area contributed by atoms with Crippen molar-refractivity contribution in [2.24, 2.45) is 7.05 Å². The van der Waals surface area contributed by atoms with Crippen LogP contribution in [-0.4, -0.2) is 59.9 Å². The third-order valence-electron chi connectivity index (χ3n) is 3.58. The number of nitrogens with one attached hydrogen (secondary N) is 1. The molecule has 1 aliphatic rings. The second kappa shape index (κ2) is 7.94. The lowest BCUT2D eigenvalue weighted by Crippen LogP contribution is -2.51. The standard InChI is InChI=1S/C13H22N4O3S.ClH/c1-3-8-21(19,20)10-12(18)17-7-4-14-9-11(17)13-15-5-6-16(13)2;/h5-6,11,14H,3-4,7-10H2,1-2H3;1H. The molecule has 0 radical (unpaired) electrons. The van der Waals surface area contributed by atoms with E-state index in [1.54, 1.807) is 18.0 Å². The van der Waals surface area contributed by atoms with Crippen molar-refractivity contribution >= 4 is 28.2 Å². The summed E-state index contributed by atoms with van der Waals surface area (Å²) in [6.07, 6.45) is 4.03. The lowest BCUT2D eigenvalue weighted by atomic mass is 10.1. The topological polar surface area (TPSA) is 84.3 Å². The maximum absolute atomic E-state index is 12.4. The Balaban J connectivity index is 0.00000242. The summed E-state index contributed by atoms with van der Waals surface area (Å²) in [5.74, 6) is 0.0704. The number of hydrogen-bond acceptors (Lipinski definition) is 5. The van der Waals surface area contributed by atoms with Crippen molar-refractivity contribution in [3.63, 3.8) is 0 Å². The molecule has 22 heavy (non-hydrogen) atoms. The van der Waals surface area contributed by atoms with Crippen molar-refractivity contribution < 1.29 is 13.2 Å². The number of carbonyl (C=O) groups is 1. The Labute approximate surface area is 137 Å². The molecule has 1 aliphatic heterocycles. The highest BCUT2D eigenvalue weighted by molar-refractivity contribution is 7.92. The Morgan fingerprint density at radius 3 is 2.82 bits per heavy atom. The van der Waals surface area contributed by atoms with Crippen molar-refractivity contribution in [3.05, 3.63) is 18.2 Å². The Hall–Kier alpha value is -1.12. The molecule has 1 saturated heterocycles. The monoisotopic (exact) mass is 350 g/mol. The van der Waals surface area contributed by atoms with E-state index in [1.807, 2.05) is 17.8 Å². The summed E-state index contributed by atoms with van der Waals surface area (Å²) >= 11 is 0. The van der Waals surface area contributed by atoms with Crippen LogP contribution in [0.2, 0.25) is 0 Å². The predicted molar refractivity (Wildman–Crippen MR) is 86.7 cm³/mol. The van der Waals surface area contributed by atoms with Gasteiger partial charge in [-0.05, 0) is 6.42 Å². The van der Waals surface area contributed by atoms with Crippen molar-refractivity contribution in [2.45, 2.75) is 19.4 Å². The summed E-state index contributed by atoms with van der Waals surface area (Å²) in [7, 11) is -1.45. The van der Waals surface area contributed by atoms with Crippen LogP contribution >= 0.6 is 12.4 Å². The van der Waals surface area contributed by atoms with Gasteiger partial charge in [0.1, 0.15) is 17.6 Å². The summed E-state index contributed by atoms with van der Waals surface area (Å²) in [6, 6.07) is -0.219. The van der Waals surface area contributed by atoms with E-state index in [-0.39, 0.29) is 30.1 Å². The first-order chi connectivity index (χ1) is 9.94. The van der Waals surface area contributed by atoms with Gasteiger partial charge in [-0.25, -0.2) is 13.4 Å². The molecule has 0 aromatic carbocycles. The Morgan fingerprint density at radius 2 is 2.23 bits per heavy atom. The molecular formula is C13H23ClN4O3S. The second-order valence-corrected chi connectivity index (χ2v) is 7.48. The highest BCUT2D eigenvalue weighted by Crippen LogP contribution is 2.20. The first kappa shape index (κ1) is 18.9. The van der Waals surface area contributed by atoms with E-state index in [0.29, 0.717) is 26.1 Å². The summed E-state index contributed by atoms with van der Waals surface area (Å²) in [5.41, 5.74) is 0. The zero-order chi connectivity index (χ0) is 15.5. The maximum Gasteiger partial charge on any atom is 0.238 e. The van der Waals surface area contributed by atoms with Gasteiger partial charge in [0.05, 0.1) is 5.75 Å². The Bertz CT molecular complexity index is 602. The van der Waals surface area contributed by atoms with Gasteiger partial charge >= 0.3 is 0 Å². The van der Waals surface area contributed by atoms with Crippen molar-refractivity contribution in [1.82, 2.24) is 19.8 Å². The van der Waals surface area contributed by atoms with Gasteiger partial charge in [-0.2, -0.15) is 0 Å². The second-order valence-electron chi connectivity index (χ2n) is 5.30. The van der Waals surface area contributed by atoms with E-state index in [4.69, 9.17) is 0 Å². The van der Waals surface area contributed by atoms with Gasteiger partial charge in [0.2, 0.25) is 5.91 Å². The molecule has 7 nitrogen and oxygen atoms in total. The fourth-order valence-electron chi connectivity index (χ4n) is 2.59. The molecule has 2 rings (SSSR count). The van der Waals surface area contributed by atoms with Crippen molar-refractivity contribution in [2.75, 3.05) is 31.1 Å². The molecule has 1 N–H and O–H groups in total. The first-order valence-electron chi connectivity index (χ1n) is 7.12. The van der Waals surface area contributed by atoms with Gasteiger partial charge < -0.3 is 14.8 Å². The number of sulfone groups is 1. The normalized spacial score (nSPS) is 18.8. The van der Waals surface area contributed by atoms with E-state index in [2.05, 4.69) is 10.3 Å². The summed E-state index contributed by atoms with van der Waals surface area (Å²) in [6.45, 7) is 3.55. The van der Waals surface area contributed by atoms with Crippen molar-refractivity contribution in [1.29, 1.82) is 0 Å². The number of rotatable bonds is 5. The van der Waals surface area contributed by atoms with Gasteiger partial charge in [-0.1, -0.05) is 6.92 Å². The minimum Gasteiger partial charge on any atom is -0.336 e. The number of hydrogen-bond donors (Lipinski definition) is 1. The molecule has 1 atom stereocenters. The van der Waals surface area contributed by atoms with Gasteiger partial charge in [0, 0.05) is 39.1 Å². The molecule has 0 spiro atoms. The smallest absolute Gasteiger partial charge is 0.238 e. The molecular weight excluding hydrogens is 328 g/mol. The van der Waals surface area contributed by atoms with E-state index >= 15 is 0 Å². The molecule has 1 fully saturated rings.